The minimum Gasteiger partial charge on any atom is -0.381 e. The Morgan fingerprint density at radius 1 is 1.19 bits per heavy atom. The van der Waals surface area contributed by atoms with Crippen molar-refractivity contribution in [3.05, 3.63) is 0 Å². The monoisotopic (exact) mass is 226 g/mol. The Labute approximate surface area is 99.3 Å². The molecule has 2 atom stereocenters. The zero-order valence-electron chi connectivity index (χ0n) is 10.7. The fraction of sp³-hybridized carbons (Fsp3) is 1.00. The minimum absolute atomic E-state index is 0.00896. The van der Waals surface area contributed by atoms with E-state index in [-0.39, 0.29) is 5.54 Å². The maximum atomic E-state index is 6.46. The molecule has 0 aromatic heterocycles. The summed E-state index contributed by atoms with van der Waals surface area (Å²) in [5.41, 5.74) is 6.47. The average Bonchev–Trinajstić information content (AvgIpc) is 2.15. The van der Waals surface area contributed by atoms with Crippen molar-refractivity contribution < 1.29 is 4.74 Å². The number of ether oxygens (including phenoxy) is 1. The fourth-order valence-corrected chi connectivity index (χ4v) is 3.30. The van der Waals surface area contributed by atoms with E-state index in [0.717, 1.165) is 44.4 Å². The van der Waals surface area contributed by atoms with Gasteiger partial charge in [0.25, 0.3) is 0 Å². The lowest BCUT2D eigenvalue weighted by molar-refractivity contribution is 0.0260. The van der Waals surface area contributed by atoms with Gasteiger partial charge in [-0.2, -0.15) is 0 Å². The highest BCUT2D eigenvalue weighted by atomic mass is 16.5. The Morgan fingerprint density at radius 2 is 1.75 bits per heavy atom. The average molecular weight is 226 g/mol. The van der Waals surface area contributed by atoms with Crippen LogP contribution in [0.5, 0.6) is 0 Å². The molecule has 16 heavy (non-hydrogen) atoms. The molecule has 2 unspecified atom stereocenters. The number of nitrogens with zero attached hydrogens (tertiary/aromatic N) is 1. The van der Waals surface area contributed by atoms with Gasteiger partial charge in [-0.1, -0.05) is 13.8 Å². The number of likely N-dealkylation sites (tertiary alicyclic amines) is 1. The highest BCUT2D eigenvalue weighted by Crippen LogP contribution is 2.25. The van der Waals surface area contributed by atoms with Crippen LogP contribution in [0.2, 0.25) is 0 Å². The van der Waals surface area contributed by atoms with Gasteiger partial charge in [0, 0.05) is 38.4 Å². The van der Waals surface area contributed by atoms with Crippen LogP contribution in [0, 0.1) is 11.8 Å². The van der Waals surface area contributed by atoms with Crippen LogP contribution < -0.4 is 5.73 Å². The van der Waals surface area contributed by atoms with E-state index in [1.807, 2.05) is 0 Å². The normalized spacial score (nSPS) is 36.2. The van der Waals surface area contributed by atoms with Gasteiger partial charge in [-0.3, -0.25) is 0 Å². The molecule has 2 fully saturated rings. The maximum absolute atomic E-state index is 6.46. The number of piperidine rings is 1. The van der Waals surface area contributed by atoms with Crippen LogP contribution in [0.15, 0.2) is 0 Å². The molecule has 2 aliphatic rings. The molecule has 0 spiro atoms. The molecule has 94 valence electrons. The predicted molar refractivity (Wildman–Crippen MR) is 66.4 cm³/mol. The summed E-state index contributed by atoms with van der Waals surface area (Å²) in [6.07, 6.45) is 3.41. The Hall–Kier alpha value is -0.120. The number of hydrogen-bond donors (Lipinski definition) is 1. The summed E-state index contributed by atoms with van der Waals surface area (Å²) in [4.78, 5) is 2.57. The maximum Gasteiger partial charge on any atom is 0.0484 e. The van der Waals surface area contributed by atoms with Crippen LogP contribution in [-0.4, -0.2) is 43.3 Å². The molecule has 0 bridgehead atoms. The lowest BCUT2D eigenvalue weighted by atomic mass is 9.87. The molecule has 0 aromatic rings. The van der Waals surface area contributed by atoms with Crippen molar-refractivity contribution in [3.8, 4) is 0 Å². The van der Waals surface area contributed by atoms with E-state index < -0.39 is 0 Å². The highest BCUT2D eigenvalue weighted by Gasteiger charge is 2.32. The molecule has 2 heterocycles. The Kier molecular flexibility index (Phi) is 3.88. The molecular formula is C13H26N2O. The molecule has 0 aromatic carbocycles. The van der Waals surface area contributed by atoms with Crippen LogP contribution in [-0.2, 0) is 4.74 Å². The number of hydrogen-bond acceptors (Lipinski definition) is 3. The summed E-state index contributed by atoms with van der Waals surface area (Å²) in [6, 6.07) is 0. The van der Waals surface area contributed by atoms with Crippen molar-refractivity contribution >= 4 is 0 Å². The fourth-order valence-electron chi connectivity index (χ4n) is 3.30. The van der Waals surface area contributed by atoms with E-state index in [0.29, 0.717) is 0 Å². The summed E-state index contributed by atoms with van der Waals surface area (Å²) in [6.45, 7) is 9.91. The zero-order chi connectivity index (χ0) is 11.6. The molecule has 0 aliphatic carbocycles. The second-order valence-electron chi connectivity index (χ2n) is 6.11. The molecule has 2 rings (SSSR count). The topological polar surface area (TPSA) is 38.5 Å². The van der Waals surface area contributed by atoms with Gasteiger partial charge < -0.3 is 15.4 Å². The van der Waals surface area contributed by atoms with Gasteiger partial charge >= 0.3 is 0 Å². The lowest BCUT2D eigenvalue weighted by Gasteiger charge is -2.42. The first-order valence-electron chi connectivity index (χ1n) is 6.66. The van der Waals surface area contributed by atoms with Crippen LogP contribution in [0.4, 0.5) is 0 Å². The Morgan fingerprint density at radius 3 is 2.31 bits per heavy atom. The summed E-state index contributed by atoms with van der Waals surface area (Å²) < 4.78 is 5.40. The van der Waals surface area contributed by atoms with Gasteiger partial charge in [-0.05, 0) is 31.1 Å². The largest absolute Gasteiger partial charge is 0.381 e. The van der Waals surface area contributed by atoms with Gasteiger partial charge in [-0.15, -0.1) is 0 Å². The SMILES string of the molecule is CC1CC(C)CN(CC2(N)CCOCC2)C1. The second kappa shape index (κ2) is 5.03. The summed E-state index contributed by atoms with van der Waals surface area (Å²) in [7, 11) is 0. The van der Waals surface area contributed by atoms with Crippen molar-refractivity contribution in [2.75, 3.05) is 32.8 Å². The van der Waals surface area contributed by atoms with E-state index in [1.165, 1.54) is 19.5 Å². The predicted octanol–water partition coefficient (Wildman–Crippen LogP) is 1.47. The molecule has 0 saturated carbocycles. The summed E-state index contributed by atoms with van der Waals surface area (Å²) >= 11 is 0. The first-order valence-corrected chi connectivity index (χ1v) is 6.66. The summed E-state index contributed by atoms with van der Waals surface area (Å²) in [5, 5.41) is 0. The van der Waals surface area contributed by atoms with Crippen LogP contribution in [0.25, 0.3) is 0 Å². The molecular weight excluding hydrogens is 200 g/mol. The Bertz CT molecular complexity index is 216. The number of rotatable bonds is 2. The molecule has 3 nitrogen and oxygen atoms in total. The van der Waals surface area contributed by atoms with E-state index in [4.69, 9.17) is 10.5 Å². The van der Waals surface area contributed by atoms with Gasteiger partial charge in [0.2, 0.25) is 0 Å². The molecule has 2 N–H and O–H groups in total. The molecule has 0 amide bonds. The van der Waals surface area contributed by atoms with Gasteiger partial charge in [0.05, 0.1) is 0 Å². The van der Waals surface area contributed by atoms with Crippen LogP contribution in [0.1, 0.15) is 33.1 Å². The van der Waals surface area contributed by atoms with Crippen molar-refractivity contribution in [1.82, 2.24) is 4.90 Å². The lowest BCUT2D eigenvalue weighted by Crippen LogP contribution is -2.55. The smallest absolute Gasteiger partial charge is 0.0484 e. The third-order valence-corrected chi connectivity index (χ3v) is 3.97. The van der Waals surface area contributed by atoms with Crippen molar-refractivity contribution in [2.24, 2.45) is 17.6 Å². The Balaban J connectivity index is 1.87. The van der Waals surface area contributed by atoms with Gasteiger partial charge in [0.1, 0.15) is 0 Å². The second-order valence-corrected chi connectivity index (χ2v) is 6.11. The van der Waals surface area contributed by atoms with E-state index >= 15 is 0 Å². The first-order chi connectivity index (χ1) is 7.57. The molecule has 3 heteroatoms. The third kappa shape index (κ3) is 3.19. The molecule has 0 radical (unpaired) electrons. The van der Waals surface area contributed by atoms with E-state index in [1.54, 1.807) is 0 Å². The molecule has 2 aliphatic heterocycles. The van der Waals surface area contributed by atoms with Crippen LogP contribution in [0.3, 0.4) is 0 Å². The van der Waals surface area contributed by atoms with E-state index in [9.17, 15) is 0 Å². The summed E-state index contributed by atoms with van der Waals surface area (Å²) in [5.74, 6) is 1.65. The number of nitrogens with two attached hydrogens (primary N) is 1. The third-order valence-electron chi connectivity index (χ3n) is 3.97. The van der Waals surface area contributed by atoms with Crippen molar-refractivity contribution in [2.45, 2.75) is 38.6 Å². The molecule has 2 saturated heterocycles. The van der Waals surface area contributed by atoms with Gasteiger partial charge in [0.15, 0.2) is 0 Å². The minimum atomic E-state index is 0.00896. The highest BCUT2D eigenvalue weighted by molar-refractivity contribution is 4.91. The van der Waals surface area contributed by atoms with Crippen molar-refractivity contribution in [1.29, 1.82) is 0 Å². The van der Waals surface area contributed by atoms with E-state index in [2.05, 4.69) is 18.7 Å². The zero-order valence-corrected chi connectivity index (χ0v) is 10.7. The standard InChI is InChI=1S/C13H26N2O/c1-11-7-12(2)9-15(8-11)10-13(14)3-5-16-6-4-13/h11-12H,3-10,14H2,1-2H3. The first kappa shape index (κ1) is 12.3. The quantitative estimate of drug-likeness (QED) is 0.775. The van der Waals surface area contributed by atoms with Crippen LogP contribution >= 0.6 is 0 Å². The van der Waals surface area contributed by atoms with Gasteiger partial charge in [-0.25, -0.2) is 0 Å². The van der Waals surface area contributed by atoms with Crippen molar-refractivity contribution in [3.63, 3.8) is 0 Å².